The highest BCUT2D eigenvalue weighted by Crippen LogP contribution is 2.11. The molecule has 6 nitrogen and oxygen atoms in total. The number of hydrogen-bond acceptors (Lipinski definition) is 4. The molecule has 0 unspecified atom stereocenters. The highest BCUT2D eigenvalue weighted by atomic mass is 35.7. The minimum absolute atomic E-state index is 0.0991. The summed E-state index contributed by atoms with van der Waals surface area (Å²) in [5, 5.41) is 8.09. The molecule has 1 aromatic heterocycles. The van der Waals surface area contributed by atoms with Crippen molar-refractivity contribution in [3.8, 4) is 0 Å². The molecule has 1 rings (SSSR count). The van der Waals surface area contributed by atoms with E-state index in [0.717, 1.165) is 0 Å². The molecule has 0 radical (unpaired) electrons. The van der Waals surface area contributed by atoms with E-state index in [1.807, 2.05) is 0 Å². The average molecular weight is 239 g/mol. The lowest BCUT2D eigenvalue weighted by atomic mass is 10.4. The Morgan fingerprint density at radius 1 is 1.64 bits per heavy atom. The van der Waals surface area contributed by atoms with Crippen LogP contribution in [0.2, 0.25) is 0 Å². The third-order valence-electron chi connectivity index (χ3n) is 1.44. The molecule has 0 saturated carbocycles. The summed E-state index contributed by atoms with van der Waals surface area (Å²) in [7, 11) is 1.19. The van der Waals surface area contributed by atoms with Crippen molar-refractivity contribution in [2.75, 3.05) is 0 Å². The number of carboxylic acid groups (broad SMARTS) is 1. The van der Waals surface area contributed by atoms with Gasteiger partial charge in [0, 0.05) is 23.4 Å². The Balaban J connectivity index is 2.74. The van der Waals surface area contributed by atoms with E-state index in [2.05, 4.69) is 4.98 Å². The van der Waals surface area contributed by atoms with E-state index in [0.29, 0.717) is 0 Å². The van der Waals surface area contributed by atoms with Gasteiger partial charge in [0.25, 0.3) is 9.05 Å². The normalized spacial score (nSPS) is 11.5. The molecule has 0 aliphatic carbocycles. The highest BCUT2D eigenvalue weighted by molar-refractivity contribution is 8.13. The molecule has 0 fully saturated rings. The van der Waals surface area contributed by atoms with Crippen LogP contribution in [-0.2, 0) is 20.4 Å². The van der Waals surface area contributed by atoms with Crippen LogP contribution in [0.15, 0.2) is 17.6 Å². The summed E-state index contributed by atoms with van der Waals surface area (Å²) in [6.07, 6.45) is 2.31. The summed E-state index contributed by atoms with van der Waals surface area (Å²) in [4.78, 5) is 13.7. The molecule has 0 spiro atoms. The maximum absolute atomic E-state index is 10.8. The number of carboxylic acids is 1. The molecular formula is C6H7ClN2O4S. The molecule has 1 N–H and O–H groups in total. The Hall–Kier alpha value is -1.08. The number of halogens is 1. The van der Waals surface area contributed by atoms with Gasteiger partial charge < -0.3 is 9.67 Å². The van der Waals surface area contributed by atoms with Crippen LogP contribution in [0.1, 0.15) is 6.42 Å². The molecule has 0 aliphatic rings. The summed E-state index contributed by atoms with van der Waals surface area (Å²) in [5.74, 6) is -0.964. The summed E-state index contributed by atoms with van der Waals surface area (Å²) < 4.78 is 22.9. The predicted molar refractivity (Wildman–Crippen MR) is 47.5 cm³/mol. The van der Waals surface area contributed by atoms with Gasteiger partial charge in [0.2, 0.25) is 0 Å². The quantitative estimate of drug-likeness (QED) is 0.762. The zero-order valence-corrected chi connectivity index (χ0v) is 8.49. The number of hydrogen-bond donors (Lipinski definition) is 1. The molecule has 1 heterocycles. The Bertz CT molecular complexity index is 438. The Morgan fingerprint density at radius 2 is 2.29 bits per heavy atom. The molecule has 0 aromatic carbocycles. The fourth-order valence-corrected chi connectivity index (χ4v) is 1.49. The summed E-state index contributed by atoms with van der Waals surface area (Å²) >= 11 is 0. The van der Waals surface area contributed by atoms with Gasteiger partial charge in [-0.15, -0.1) is 0 Å². The van der Waals surface area contributed by atoms with Crippen LogP contribution >= 0.6 is 10.7 Å². The first kappa shape index (κ1) is 11.0. The van der Waals surface area contributed by atoms with Crippen molar-refractivity contribution in [1.82, 2.24) is 9.55 Å². The van der Waals surface area contributed by atoms with Gasteiger partial charge in [-0.05, 0) is 0 Å². The number of nitrogens with zero attached hydrogens (tertiary/aromatic N) is 2. The first-order chi connectivity index (χ1) is 6.39. The molecule has 0 bridgehead atoms. The van der Waals surface area contributed by atoms with Gasteiger partial charge in [-0.1, -0.05) is 0 Å². The molecule has 14 heavy (non-hydrogen) atoms. The zero-order valence-electron chi connectivity index (χ0n) is 6.92. The average Bonchev–Trinajstić information content (AvgIpc) is 2.47. The van der Waals surface area contributed by atoms with Crippen LogP contribution in [-0.4, -0.2) is 29.0 Å². The van der Waals surface area contributed by atoms with Crippen LogP contribution in [0.5, 0.6) is 0 Å². The van der Waals surface area contributed by atoms with Crippen LogP contribution in [0.4, 0.5) is 0 Å². The van der Waals surface area contributed by atoms with E-state index in [-0.39, 0.29) is 18.0 Å². The van der Waals surface area contributed by atoms with Gasteiger partial charge in [-0.2, -0.15) is 0 Å². The fraction of sp³-hybridized carbons (Fsp3) is 0.333. The van der Waals surface area contributed by atoms with Gasteiger partial charge in [0.1, 0.15) is 0 Å². The molecule has 0 aliphatic heterocycles. The van der Waals surface area contributed by atoms with Crippen molar-refractivity contribution in [1.29, 1.82) is 0 Å². The molecule has 8 heteroatoms. The molecular weight excluding hydrogens is 232 g/mol. The largest absolute Gasteiger partial charge is 0.481 e. The molecule has 0 amide bonds. The fourth-order valence-electron chi connectivity index (χ4n) is 0.813. The number of aryl methyl sites for hydroxylation is 1. The third kappa shape index (κ3) is 3.00. The first-order valence-corrected chi connectivity index (χ1v) is 5.89. The lowest BCUT2D eigenvalue weighted by Gasteiger charge is -1.95. The molecule has 1 aromatic rings. The minimum atomic E-state index is -3.83. The van der Waals surface area contributed by atoms with E-state index in [1.54, 1.807) is 0 Å². The van der Waals surface area contributed by atoms with Crippen LogP contribution in [0.3, 0.4) is 0 Å². The van der Waals surface area contributed by atoms with E-state index in [4.69, 9.17) is 15.8 Å². The van der Waals surface area contributed by atoms with Gasteiger partial charge in [-0.25, -0.2) is 13.4 Å². The maximum Gasteiger partial charge on any atom is 0.305 e. The smallest absolute Gasteiger partial charge is 0.305 e. The summed E-state index contributed by atoms with van der Waals surface area (Å²) in [6, 6.07) is 0. The van der Waals surface area contributed by atoms with Crippen LogP contribution < -0.4 is 0 Å². The number of imidazole rings is 1. The maximum atomic E-state index is 10.8. The summed E-state index contributed by atoms with van der Waals surface area (Å²) in [6.45, 7) is 0.161. The van der Waals surface area contributed by atoms with Crippen LogP contribution in [0, 0.1) is 0 Å². The van der Waals surface area contributed by atoms with Crippen molar-refractivity contribution < 1.29 is 18.3 Å². The summed E-state index contributed by atoms with van der Waals surface area (Å²) in [5.41, 5.74) is 0. The monoisotopic (exact) mass is 238 g/mol. The Kier molecular flexibility index (Phi) is 3.12. The zero-order chi connectivity index (χ0) is 10.8. The van der Waals surface area contributed by atoms with Gasteiger partial charge in [0.15, 0.2) is 5.03 Å². The lowest BCUT2D eigenvalue weighted by molar-refractivity contribution is -0.137. The number of carbonyl (C=O) groups is 1. The van der Waals surface area contributed by atoms with Crippen molar-refractivity contribution in [2.45, 2.75) is 18.0 Å². The Morgan fingerprint density at radius 3 is 2.71 bits per heavy atom. The van der Waals surface area contributed by atoms with Crippen molar-refractivity contribution in [2.24, 2.45) is 0 Å². The van der Waals surface area contributed by atoms with Crippen LogP contribution in [0.25, 0.3) is 0 Å². The van der Waals surface area contributed by atoms with Gasteiger partial charge in [-0.3, -0.25) is 4.79 Å². The second-order valence-corrected chi connectivity index (χ2v) is 5.04. The second-order valence-electron chi connectivity index (χ2n) is 2.53. The molecule has 78 valence electrons. The van der Waals surface area contributed by atoms with Crippen molar-refractivity contribution in [3.63, 3.8) is 0 Å². The standard InChI is InChI=1S/C6H7ClN2O4S/c7-14(12,13)5-3-9(4-8-5)2-1-6(10)11/h3-4H,1-2H2,(H,10,11). The van der Waals surface area contributed by atoms with E-state index in [9.17, 15) is 13.2 Å². The first-order valence-electron chi connectivity index (χ1n) is 3.58. The van der Waals surface area contributed by atoms with E-state index in [1.165, 1.54) is 17.1 Å². The topological polar surface area (TPSA) is 89.3 Å². The molecule has 0 saturated heterocycles. The van der Waals surface area contributed by atoms with Gasteiger partial charge >= 0.3 is 5.97 Å². The number of aliphatic carboxylic acids is 1. The lowest BCUT2D eigenvalue weighted by Crippen LogP contribution is -2.02. The second kappa shape index (κ2) is 3.97. The van der Waals surface area contributed by atoms with Gasteiger partial charge in [0.05, 0.1) is 12.7 Å². The van der Waals surface area contributed by atoms with E-state index >= 15 is 0 Å². The SMILES string of the molecule is O=C(O)CCn1cnc(S(=O)(=O)Cl)c1. The number of aromatic nitrogens is 2. The van der Waals surface area contributed by atoms with Crippen molar-refractivity contribution >= 4 is 25.7 Å². The van der Waals surface area contributed by atoms with E-state index < -0.39 is 15.0 Å². The number of rotatable bonds is 4. The third-order valence-corrected chi connectivity index (χ3v) is 2.63. The Labute approximate surface area is 84.6 Å². The van der Waals surface area contributed by atoms with Crippen molar-refractivity contribution in [3.05, 3.63) is 12.5 Å². The highest BCUT2D eigenvalue weighted by Gasteiger charge is 2.13. The minimum Gasteiger partial charge on any atom is -0.481 e. The molecule has 0 atom stereocenters. The predicted octanol–water partition coefficient (Wildman–Crippen LogP) is 0.285.